The third-order valence-electron chi connectivity index (χ3n) is 7.04. The molecule has 1 spiro atoms. The van der Waals surface area contributed by atoms with Crippen LogP contribution in [0.4, 0.5) is 11.4 Å². The molecular weight excluding hydrogens is 538 g/mol. The number of benzene rings is 2. The lowest BCUT2D eigenvalue weighted by atomic mass is 9.73. The van der Waals surface area contributed by atoms with Crippen LogP contribution in [-0.2, 0) is 19.9 Å². The molecule has 2 fully saturated rings. The minimum atomic E-state index is -1.58. The quantitative estimate of drug-likeness (QED) is 0.377. The van der Waals surface area contributed by atoms with E-state index in [1.807, 2.05) is 4.90 Å². The summed E-state index contributed by atoms with van der Waals surface area (Å²) in [5, 5.41) is 17.4. The highest BCUT2D eigenvalue weighted by Crippen LogP contribution is 2.59. The van der Waals surface area contributed by atoms with Gasteiger partial charge in [0.25, 0.3) is 11.8 Å². The van der Waals surface area contributed by atoms with E-state index in [9.17, 15) is 19.6 Å². The molecule has 3 heterocycles. The maximum absolute atomic E-state index is 13.7. The Morgan fingerprint density at radius 3 is 2.43 bits per heavy atom. The van der Waals surface area contributed by atoms with Crippen LogP contribution in [-0.4, -0.2) is 52.5 Å². The third kappa shape index (κ3) is 3.70. The zero-order valence-electron chi connectivity index (χ0n) is 18.3. The number of amides is 3. The smallest absolute Gasteiger partial charge is 0.252 e. The summed E-state index contributed by atoms with van der Waals surface area (Å²) >= 11 is 24.9. The van der Waals surface area contributed by atoms with E-state index in [1.54, 1.807) is 6.07 Å². The van der Waals surface area contributed by atoms with Gasteiger partial charge in [0, 0.05) is 39.4 Å². The van der Waals surface area contributed by atoms with Crippen LogP contribution in [0.25, 0.3) is 0 Å². The number of carbonyl (C=O) groups is 3. The molecule has 35 heavy (non-hydrogen) atoms. The molecule has 0 aromatic heterocycles. The van der Waals surface area contributed by atoms with E-state index in [4.69, 9.17) is 46.4 Å². The van der Waals surface area contributed by atoms with E-state index in [-0.39, 0.29) is 10.0 Å². The Balaban J connectivity index is 1.68. The van der Waals surface area contributed by atoms with Crippen molar-refractivity contribution in [3.05, 3.63) is 56.0 Å². The average molecular weight is 558 g/mol. The fourth-order valence-electron chi connectivity index (χ4n) is 5.90. The highest BCUT2D eigenvalue weighted by atomic mass is 35.5. The minimum Gasteiger partial charge on any atom is -0.326 e. The van der Waals surface area contributed by atoms with Crippen molar-refractivity contribution in [1.82, 2.24) is 9.96 Å². The SMILES string of the molecule is CN(O)C(=O)C1C(C(=O)Nc2cc(Cl)cc(Cl)c2)C2CCCN2C12C(=O)Nc1c(Cl)cc(Cl)cc12. The van der Waals surface area contributed by atoms with Crippen molar-refractivity contribution in [2.75, 3.05) is 24.2 Å². The van der Waals surface area contributed by atoms with Gasteiger partial charge in [0.2, 0.25) is 5.91 Å². The summed E-state index contributed by atoms with van der Waals surface area (Å²) in [5.41, 5.74) is -0.475. The number of anilines is 2. The number of nitrogens with one attached hydrogen (secondary N) is 2. The van der Waals surface area contributed by atoms with Gasteiger partial charge in [0.05, 0.1) is 22.5 Å². The van der Waals surface area contributed by atoms with E-state index < -0.39 is 41.1 Å². The van der Waals surface area contributed by atoms with E-state index in [0.717, 1.165) is 0 Å². The number of halogens is 4. The van der Waals surface area contributed by atoms with E-state index >= 15 is 0 Å². The molecule has 5 rings (SSSR count). The fourth-order valence-corrected chi connectivity index (χ4v) is 6.97. The highest BCUT2D eigenvalue weighted by molar-refractivity contribution is 6.38. The van der Waals surface area contributed by atoms with Crippen LogP contribution in [0.15, 0.2) is 30.3 Å². The Kier molecular flexibility index (Phi) is 6.19. The van der Waals surface area contributed by atoms with Crippen molar-refractivity contribution in [1.29, 1.82) is 0 Å². The van der Waals surface area contributed by atoms with Crippen LogP contribution in [0.5, 0.6) is 0 Å². The van der Waals surface area contributed by atoms with Crippen molar-refractivity contribution in [2.24, 2.45) is 11.8 Å². The summed E-state index contributed by atoms with van der Waals surface area (Å²) in [6.07, 6.45) is 1.29. The van der Waals surface area contributed by atoms with Crippen molar-refractivity contribution in [3.8, 4) is 0 Å². The highest BCUT2D eigenvalue weighted by Gasteiger charge is 2.71. The normalized spacial score (nSPS) is 27.0. The number of rotatable bonds is 3. The number of hydrogen-bond acceptors (Lipinski definition) is 5. The van der Waals surface area contributed by atoms with Crippen LogP contribution in [0.3, 0.4) is 0 Å². The maximum atomic E-state index is 13.7. The molecule has 0 saturated carbocycles. The van der Waals surface area contributed by atoms with Crippen LogP contribution in [0, 0.1) is 11.8 Å². The zero-order valence-corrected chi connectivity index (χ0v) is 21.3. The number of hydrogen-bond donors (Lipinski definition) is 3. The van der Waals surface area contributed by atoms with Gasteiger partial charge in [-0.05, 0) is 49.7 Å². The molecule has 3 amide bonds. The monoisotopic (exact) mass is 556 g/mol. The van der Waals surface area contributed by atoms with Gasteiger partial charge in [-0.2, -0.15) is 0 Å². The Labute approximate surface area is 221 Å². The first-order valence-corrected chi connectivity index (χ1v) is 12.4. The van der Waals surface area contributed by atoms with Gasteiger partial charge in [-0.15, -0.1) is 0 Å². The lowest BCUT2D eigenvalue weighted by Gasteiger charge is -2.37. The molecule has 184 valence electrons. The first-order chi connectivity index (χ1) is 16.5. The fraction of sp³-hybridized carbons (Fsp3) is 0.348. The molecule has 2 aromatic rings. The topological polar surface area (TPSA) is 102 Å². The molecule has 4 unspecified atom stereocenters. The van der Waals surface area contributed by atoms with Gasteiger partial charge in [-0.25, -0.2) is 5.06 Å². The van der Waals surface area contributed by atoms with E-state index in [1.165, 1.54) is 31.3 Å². The Morgan fingerprint density at radius 1 is 1.11 bits per heavy atom. The minimum absolute atomic E-state index is 0.221. The average Bonchev–Trinajstić information content (AvgIpc) is 3.41. The second kappa shape index (κ2) is 8.80. The molecule has 2 aromatic carbocycles. The molecule has 3 N–H and O–H groups in total. The number of hydroxylamine groups is 2. The van der Waals surface area contributed by atoms with Crippen molar-refractivity contribution < 1.29 is 19.6 Å². The predicted octanol–water partition coefficient (Wildman–Crippen LogP) is 4.64. The molecule has 3 aliphatic heterocycles. The van der Waals surface area contributed by atoms with Crippen molar-refractivity contribution in [2.45, 2.75) is 24.4 Å². The summed E-state index contributed by atoms with van der Waals surface area (Å²) < 4.78 is 0. The summed E-state index contributed by atoms with van der Waals surface area (Å²) in [6.45, 7) is 0.466. The Morgan fingerprint density at radius 2 is 1.77 bits per heavy atom. The van der Waals surface area contributed by atoms with Gasteiger partial charge < -0.3 is 10.6 Å². The molecule has 8 nitrogen and oxygen atoms in total. The Hall–Kier alpha value is -2.07. The van der Waals surface area contributed by atoms with Gasteiger partial charge in [0.15, 0.2) is 0 Å². The molecule has 4 atom stereocenters. The first kappa shape index (κ1) is 24.6. The van der Waals surface area contributed by atoms with Crippen molar-refractivity contribution >= 4 is 75.5 Å². The largest absolute Gasteiger partial charge is 0.326 e. The summed E-state index contributed by atoms with van der Waals surface area (Å²) in [6, 6.07) is 7.24. The molecule has 0 aliphatic carbocycles. The molecular formula is C23H20Cl4N4O4. The van der Waals surface area contributed by atoms with Gasteiger partial charge in [-0.3, -0.25) is 24.5 Å². The standard InChI is InChI=1S/C23H20Cl4N4O4/c1-30(35)21(33)18-17(20(32)28-13-6-10(24)5-11(25)7-13)16-3-2-4-31(16)23(18)14-8-12(26)9-15(27)19(14)29-22(23)34/h5-9,16-18,35H,2-4H2,1H3,(H,28,32)(H,29,34). The van der Waals surface area contributed by atoms with Gasteiger partial charge in [0.1, 0.15) is 5.54 Å². The summed E-state index contributed by atoms with van der Waals surface area (Å²) in [5.74, 6) is -4.00. The first-order valence-electron chi connectivity index (χ1n) is 10.9. The van der Waals surface area contributed by atoms with Crippen LogP contribution < -0.4 is 10.6 Å². The Bertz CT molecular complexity index is 1250. The van der Waals surface area contributed by atoms with Crippen LogP contribution in [0.2, 0.25) is 20.1 Å². The maximum Gasteiger partial charge on any atom is 0.252 e. The lowest BCUT2D eigenvalue weighted by Crippen LogP contribution is -2.55. The molecule has 0 radical (unpaired) electrons. The summed E-state index contributed by atoms with van der Waals surface area (Å²) in [7, 11) is 1.17. The molecule has 0 bridgehead atoms. The number of fused-ring (bicyclic) bond motifs is 4. The van der Waals surface area contributed by atoms with Crippen molar-refractivity contribution in [3.63, 3.8) is 0 Å². The van der Waals surface area contributed by atoms with Gasteiger partial charge in [-0.1, -0.05) is 46.4 Å². The second-order valence-corrected chi connectivity index (χ2v) is 10.7. The molecule has 2 saturated heterocycles. The molecule has 12 heteroatoms. The third-order valence-corrected chi connectivity index (χ3v) is 8.00. The second-order valence-electron chi connectivity index (χ2n) is 8.95. The molecule has 3 aliphatic rings. The number of nitrogens with zero attached hydrogens (tertiary/aromatic N) is 2. The lowest BCUT2D eigenvalue weighted by molar-refractivity contribution is -0.171. The predicted molar refractivity (Wildman–Crippen MR) is 133 cm³/mol. The van der Waals surface area contributed by atoms with Crippen LogP contribution in [0.1, 0.15) is 18.4 Å². The zero-order chi connectivity index (χ0) is 25.2. The van der Waals surface area contributed by atoms with Gasteiger partial charge >= 0.3 is 0 Å². The number of carbonyl (C=O) groups excluding carboxylic acids is 3. The van der Waals surface area contributed by atoms with E-state index in [2.05, 4.69) is 10.6 Å². The summed E-state index contributed by atoms with van der Waals surface area (Å²) in [4.78, 5) is 42.9. The van der Waals surface area contributed by atoms with E-state index in [0.29, 0.717) is 51.4 Å². The van der Waals surface area contributed by atoms with Crippen LogP contribution >= 0.6 is 46.4 Å².